The fourth-order valence-electron chi connectivity index (χ4n) is 1.87. The smallest absolute Gasteiger partial charge is 0.269 e. The summed E-state index contributed by atoms with van der Waals surface area (Å²) >= 11 is 2.01. The number of oxime groups is 1. The van der Waals surface area contributed by atoms with E-state index in [1.54, 1.807) is 0 Å². The Morgan fingerprint density at radius 3 is 3.00 bits per heavy atom. The van der Waals surface area contributed by atoms with Crippen LogP contribution in [0, 0.1) is 0 Å². The summed E-state index contributed by atoms with van der Waals surface area (Å²) in [5.41, 5.74) is 1.09. The fraction of sp³-hybridized carbons (Fsp3) is 0.0833. The van der Waals surface area contributed by atoms with E-state index >= 15 is 0 Å². The lowest BCUT2D eigenvalue weighted by molar-refractivity contribution is 0.384. The highest BCUT2D eigenvalue weighted by Crippen LogP contribution is 2.25. The van der Waals surface area contributed by atoms with E-state index in [1.165, 1.54) is 5.39 Å². The first kappa shape index (κ1) is 11.7. The molecule has 92 valence electrons. The van der Waals surface area contributed by atoms with E-state index in [-0.39, 0.29) is 0 Å². The Morgan fingerprint density at radius 2 is 2.22 bits per heavy atom. The van der Waals surface area contributed by atoms with Gasteiger partial charge in [-0.25, -0.2) is 0 Å². The minimum absolute atomic E-state index is 0.572. The minimum atomic E-state index is -1.52. The van der Waals surface area contributed by atoms with E-state index in [4.69, 9.17) is 0 Å². The molecule has 4 nitrogen and oxygen atoms in total. The van der Waals surface area contributed by atoms with Crippen molar-refractivity contribution < 1.29 is 8.49 Å². The Hall–Kier alpha value is -1.40. The first-order chi connectivity index (χ1) is 8.72. The first-order valence-electron chi connectivity index (χ1n) is 5.32. The third-order valence-corrected chi connectivity index (χ3v) is 3.98. The van der Waals surface area contributed by atoms with Crippen LogP contribution in [0.15, 0.2) is 46.0 Å². The summed E-state index contributed by atoms with van der Waals surface area (Å²) in [6, 6.07) is 12.3. The summed E-state index contributed by atoms with van der Waals surface area (Å²) < 4.78 is 19.3. The molecule has 0 fully saturated rings. The average Bonchev–Trinajstić information content (AvgIpc) is 2.76. The highest BCUT2D eigenvalue weighted by molar-refractivity contribution is 9.10. The van der Waals surface area contributed by atoms with Crippen LogP contribution >= 0.6 is 15.9 Å². The van der Waals surface area contributed by atoms with Crippen molar-refractivity contribution in [1.82, 2.24) is 4.72 Å². The molecule has 0 amide bonds. The number of hydrogen-bond donors (Lipinski definition) is 1. The fourth-order valence-corrected chi connectivity index (χ4v) is 2.86. The molecule has 1 aliphatic heterocycles. The molecular formula is C12H9BrN2O2S. The van der Waals surface area contributed by atoms with E-state index in [2.05, 4.69) is 48.3 Å². The van der Waals surface area contributed by atoms with Gasteiger partial charge in [0.15, 0.2) is 5.84 Å². The lowest BCUT2D eigenvalue weighted by Gasteiger charge is -2.04. The Morgan fingerprint density at radius 1 is 1.33 bits per heavy atom. The highest BCUT2D eigenvalue weighted by Gasteiger charge is 2.14. The SMILES string of the molecule is O=S1NC(Cc2ccc3cccc(Br)c3c2)=NO1. The van der Waals surface area contributed by atoms with Crippen LogP contribution in [0.3, 0.4) is 0 Å². The van der Waals surface area contributed by atoms with Crippen molar-refractivity contribution in [2.45, 2.75) is 6.42 Å². The Kier molecular flexibility index (Phi) is 3.05. The van der Waals surface area contributed by atoms with E-state index in [0.717, 1.165) is 15.4 Å². The van der Waals surface area contributed by atoms with Crippen LogP contribution in [-0.4, -0.2) is 10.0 Å². The van der Waals surface area contributed by atoms with E-state index < -0.39 is 11.3 Å². The van der Waals surface area contributed by atoms with Crippen LogP contribution in [0.4, 0.5) is 0 Å². The number of benzene rings is 2. The molecule has 2 aromatic carbocycles. The van der Waals surface area contributed by atoms with Gasteiger partial charge in [0.25, 0.3) is 0 Å². The topological polar surface area (TPSA) is 50.7 Å². The van der Waals surface area contributed by atoms with Gasteiger partial charge in [-0.05, 0) is 28.5 Å². The lowest BCUT2D eigenvalue weighted by atomic mass is 10.0. The summed E-state index contributed by atoms with van der Waals surface area (Å²) in [5.74, 6) is 0.583. The summed E-state index contributed by atoms with van der Waals surface area (Å²) in [5, 5.41) is 6.03. The molecule has 1 heterocycles. The van der Waals surface area contributed by atoms with Gasteiger partial charge in [-0.1, -0.05) is 45.4 Å². The normalized spacial score (nSPS) is 18.3. The van der Waals surface area contributed by atoms with Gasteiger partial charge in [0, 0.05) is 10.9 Å². The van der Waals surface area contributed by atoms with Crippen LogP contribution < -0.4 is 4.72 Å². The summed E-state index contributed by atoms with van der Waals surface area (Å²) in [4.78, 5) is 0. The lowest BCUT2D eigenvalue weighted by Crippen LogP contribution is -2.21. The predicted molar refractivity (Wildman–Crippen MR) is 75.2 cm³/mol. The van der Waals surface area contributed by atoms with Crippen molar-refractivity contribution in [3.05, 3.63) is 46.4 Å². The molecule has 1 atom stereocenters. The molecule has 1 N–H and O–H groups in total. The van der Waals surface area contributed by atoms with Gasteiger partial charge in [0.1, 0.15) is 0 Å². The molecule has 1 unspecified atom stereocenters. The second kappa shape index (κ2) is 4.70. The zero-order valence-corrected chi connectivity index (χ0v) is 11.6. The van der Waals surface area contributed by atoms with Crippen LogP contribution in [0.5, 0.6) is 0 Å². The van der Waals surface area contributed by atoms with Gasteiger partial charge in [0.05, 0.1) is 0 Å². The van der Waals surface area contributed by atoms with Gasteiger partial charge in [-0.15, -0.1) is 0 Å². The minimum Gasteiger partial charge on any atom is -0.269 e. The zero-order valence-electron chi connectivity index (χ0n) is 9.22. The van der Waals surface area contributed by atoms with Crippen molar-refractivity contribution in [3.63, 3.8) is 0 Å². The van der Waals surface area contributed by atoms with Crippen molar-refractivity contribution in [1.29, 1.82) is 0 Å². The molecule has 0 radical (unpaired) electrons. The molecule has 0 saturated heterocycles. The third-order valence-electron chi connectivity index (χ3n) is 2.68. The molecule has 0 saturated carbocycles. The number of halogens is 1. The molecule has 3 rings (SSSR count). The summed E-state index contributed by atoms with van der Waals surface area (Å²) in [6.07, 6.45) is 0.572. The van der Waals surface area contributed by atoms with Gasteiger partial charge < -0.3 is 0 Å². The number of rotatable bonds is 2. The maximum Gasteiger partial charge on any atom is 0.338 e. The van der Waals surface area contributed by atoms with Crippen molar-refractivity contribution in [2.24, 2.45) is 5.16 Å². The number of nitrogens with one attached hydrogen (secondary N) is 1. The number of fused-ring (bicyclic) bond motifs is 1. The molecule has 18 heavy (non-hydrogen) atoms. The number of nitrogens with zero attached hydrogens (tertiary/aromatic N) is 1. The van der Waals surface area contributed by atoms with Crippen molar-refractivity contribution >= 4 is 43.8 Å². The Balaban J connectivity index is 1.94. The first-order valence-corrected chi connectivity index (χ1v) is 7.19. The van der Waals surface area contributed by atoms with Crippen molar-refractivity contribution in [2.75, 3.05) is 0 Å². The van der Waals surface area contributed by atoms with Gasteiger partial charge in [-0.3, -0.25) is 9.01 Å². The molecule has 0 bridgehead atoms. The van der Waals surface area contributed by atoms with Crippen LogP contribution in [-0.2, 0) is 22.0 Å². The maximum atomic E-state index is 11.0. The number of amidine groups is 1. The zero-order chi connectivity index (χ0) is 12.5. The Bertz CT molecular complexity index is 672. The molecule has 1 aliphatic rings. The average molecular weight is 325 g/mol. The molecule has 0 aromatic heterocycles. The summed E-state index contributed by atoms with van der Waals surface area (Å²) in [7, 11) is 0. The van der Waals surface area contributed by atoms with Crippen LogP contribution in [0.2, 0.25) is 0 Å². The third kappa shape index (κ3) is 2.26. The molecule has 0 aliphatic carbocycles. The molecule has 0 spiro atoms. The Labute approximate surface area is 115 Å². The van der Waals surface area contributed by atoms with Gasteiger partial charge in [0.2, 0.25) is 0 Å². The van der Waals surface area contributed by atoms with E-state index in [1.807, 2.05) is 18.2 Å². The van der Waals surface area contributed by atoms with E-state index in [0.29, 0.717) is 12.3 Å². The maximum absolute atomic E-state index is 11.0. The second-order valence-electron chi connectivity index (χ2n) is 3.92. The van der Waals surface area contributed by atoms with Gasteiger partial charge in [-0.2, -0.15) is 4.21 Å². The quantitative estimate of drug-likeness (QED) is 0.923. The molecule has 2 aromatic rings. The highest BCUT2D eigenvalue weighted by atomic mass is 79.9. The largest absolute Gasteiger partial charge is 0.338 e. The molecule has 6 heteroatoms. The monoisotopic (exact) mass is 324 g/mol. The second-order valence-corrected chi connectivity index (χ2v) is 5.60. The van der Waals surface area contributed by atoms with Crippen molar-refractivity contribution in [3.8, 4) is 0 Å². The molecular weight excluding hydrogens is 316 g/mol. The standard InChI is InChI=1S/C12H9BrN2O2S/c13-11-3-1-2-9-5-4-8(6-10(9)11)7-12-14-17-18(16)15-12/h1-6H,7H2,(H,14,15). The predicted octanol–water partition coefficient (Wildman–Crippen LogP) is 2.66. The number of hydrogen-bond acceptors (Lipinski definition) is 3. The summed E-state index contributed by atoms with van der Waals surface area (Å²) in [6.45, 7) is 0. The van der Waals surface area contributed by atoms with Gasteiger partial charge >= 0.3 is 11.3 Å². The van der Waals surface area contributed by atoms with Crippen LogP contribution in [0.1, 0.15) is 5.56 Å². The van der Waals surface area contributed by atoms with Crippen LogP contribution in [0.25, 0.3) is 10.8 Å². The van der Waals surface area contributed by atoms with E-state index in [9.17, 15) is 4.21 Å².